The Kier molecular flexibility index (Phi) is 4.84. The third kappa shape index (κ3) is 3.35. The number of hydrogen-bond acceptors (Lipinski definition) is 5. The number of rotatable bonds is 5. The van der Waals surface area contributed by atoms with E-state index < -0.39 is 22.1 Å². The Hall–Kier alpha value is -1.19. The topological polar surface area (TPSA) is 104 Å². The van der Waals surface area contributed by atoms with Crippen molar-refractivity contribution in [1.82, 2.24) is 8.61 Å². The van der Waals surface area contributed by atoms with Gasteiger partial charge in [0.2, 0.25) is 0 Å². The van der Waals surface area contributed by atoms with E-state index in [2.05, 4.69) is 0 Å². The van der Waals surface area contributed by atoms with Gasteiger partial charge < -0.3 is 9.84 Å². The molecule has 0 saturated carbocycles. The maximum absolute atomic E-state index is 12.3. The van der Waals surface area contributed by atoms with E-state index in [4.69, 9.17) is 9.84 Å². The molecule has 2 rings (SSSR count). The van der Waals surface area contributed by atoms with Crippen LogP contribution in [0.3, 0.4) is 0 Å². The van der Waals surface area contributed by atoms with Crippen molar-refractivity contribution in [3.8, 4) is 0 Å². The summed E-state index contributed by atoms with van der Waals surface area (Å²) < 4.78 is 32.0. The van der Waals surface area contributed by atoms with Gasteiger partial charge in [0.1, 0.15) is 0 Å². The van der Waals surface area contributed by atoms with Crippen molar-refractivity contribution in [2.75, 3.05) is 32.8 Å². The number of aliphatic carboxylic acids is 1. The average Bonchev–Trinajstić information content (AvgIpc) is 2.36. The third-order valence-corrected chi connectivity index (χ3v) is 5.89. The third-order valence-electron chi connectivity index (χ3n) is 3.92. The van der Waals surface area contributed by atoms with Gasteiger partial charge in [-0.3, -0.25) is 9.59 Å². The molecule has 0 aromatic heterocycles. The summed E-state index contributed by atoms with van der Waals surface area (Å²) in [5, 5.41) is 8.79. The molecular weight excluding hydrogens is 300 g/mol. The van der Waals surface area contributed by atoms with Gasteiger partial charge in [-0.1, -0.05) is 0 Å². The minimum atomic E-state index is -3.60. The average molecular weight is 320 g/mol. The summed E-state index contributed by atoms with van der Waals surface area (Å²) in [6, 6.07) is 0. The summed E-state index contributed by atoms with van der Waals surface area (Å²) in [7, 11) is -3.60. The van der Waals surface area contributed by atoms with Crippen molar-refractivity contribution in [3.63, 3.8) is 0 Å². The van der Waals surface area contributed by atoms with Crippen LogP contribution < -0.4 is 0 Å². The molecule has 8 nitrogen and oxygen atoms in total. The molecule has 0 unspecified atom stereocenters. The number of carboxylic acid groups (broad SMARTS) is 1. The van der Waals surface area contributed by atoms with Gasteiger partial charge in [0, 0.05) is 26.2 Å². The number of carbonyl (C=O) groups excluding carboxylic acids is 1. The normalized spacial score (nSPS) is 22.7. The van der Waals surface area contributed by atoms with Crippen LogP contribution in [0.2, 0.25) is 0 Å². The standard InChI is InChI=1S/C12H20N2O6S/c1-2-20-12(17)9-3-5-13(6-4-9)21(18,19)14-7-10(8-14)11(15)16/h9-10H,2-8H2,1H3,(H,15,16). The van der Waals surface area contributed by atoms with Gasteiger partial charge in [0.25, 0.3) is 10.2 Å². The summed E-state index contributed by atoms with van der Waals surface area (Å²) in [6.07, 6.45) is 0.878. The first kappa shape index (κ1) is 16.2. The van der Waals surface area contributed by atoms with Gasteiger partial charge >= 0.3 is 11.9 Å². The number of nitrogens with zero attached hydrogens (tertiary/aromatic N) is 2. The first-order valence-corrected chi connectivity index (χ1v) is 8.40. The summed E-state index contributed by atoms with van der Waals surface area (Å²) in [5.74, 6) is -2.11. The van der Waals surface area contributed by atoms with Crippen LogP contribution in [0, 0.1) is 11.8 Å². The van der Waals surface area contributed by atoms with Crippen LogP contribution in [0.1, 0.15) is 19.8 Å². The van der Waals surface area contributed by atoms with Gasteiger partial charge in [-0.2, -0.15) is 17.0 Å². The molecule has 2 heterocycles. The zero-order valence-electron chi connectivity index (χ0n) is 11.9. The number of esters is 1. The molecule has 0 bridgehead atoms. The number of carboxylic acids is 1. The lowest BCUT2D eigenvalue weighted by Gasteiger charge is -2.40. The molecule has 9 heteroatoms. The van der Waals surface area contributed by atoms with Crippen LogP contribution in [-0.2, 0) is 24.5 Å². The maximum Gasteiger partial charge on any atom is 0.309 e. The fraction of sp³-hybridized carbons (Fsp3) is 0.833. The Morgan fingerprint density at radius 1 is 1.14 bits per heavy atom. The zero-order valence-corrected chi connectivity index (χ0v) is 12.7. The lowest BCUT2D eigenvalue weighted by Crippen LogP contribution is -2.58. The second-order valence-corrected chi connectivity index (χ2v) is 7.21. The van der Waals surface area contributed by atoms with Gasteiger partial charge in [-0.05, 0) is 19.8 Å². The molecule has 2 aliphatic rings. The van der Waals surface area contributed by atoms with Gasteiger partial charge in [0.05, 0.1) is 18.4 Å². The molecule has 0 aromatic rings. The maximum atomic E-state index is 12.3. The van der Waals surface area contributed by atoms with Crippen molar-refractivity contribution in [3.05, 3.63) is 0 Å². The summed E-state index contributed by atoms with van der Waals surface area (Å²) in [4.78, 5) is 22.3. The fourth-order valence-electron chi connectivity index (χ4n) is 2.53. The molecule has 2 saturated heterocycles. The van der Waals surface area contributed by atoms with Crippen molar-refractivity contribution in [2.24, 2.45) is 11.8 Å². The zero-order chi connectivity index (χ0) is 15.6. The first-order chi connectivity index (χ1) is 9.86. The SMILES string of the molecule is CCOC(=O)C1CCN(S(=O)(=O)N2CC(C(=O)O)C2)CC1. The highest BCUT2D eigenvalue weighted by Crippen LogP contribution is 2.26. The molecule has 0 radical (unpaired) electrons. The summed E-state index contributed by atoms with van der Waals surface area (Å²) >= 11 is 0. The van der Waals surface area contributed by atoms with E-state index >= 15 is 0 Å². The van der Waals surface area contributed by atoms with Crippen molar-refractivity contribution >= 4 is 22.1 Å². The Morgan fingerprint density at radius 3 is 2.19 bits per heavy atom. The second-order valence-electron chi connectivity index (χ2n) is 5.29. The fourth-order valence-corrected chi connectivity index (χ4v) is 4.26. The molecule has 21 heavy (non-hydrogen) atoms. The number of piperidine rings is 1. The minimum Gasteiger partial charge on any atom is -0.481 e. The van der Waals surface area contributed by atoms with E-state index in [1.165, 1.54) is 8.61 Å². The van der Waals surface area contributed by atoms with E-state index in [1.807, 2.05) is 0 Å². The van der Waals surface area contributed by atoms with E-state index in [9.17, 15) is 18.0 Å². The highest BCUT2D eigenvalue weighted by molar-refractivity contribution is 7.86. The Morgan fingerprint density at radius 2 is 1.71 bits per heavy atom. The lowest BCUT2D eigenvalue weighted by molar-refractivity contribution is -0.149. The monoisotopic (exact) mass is 320 g/mol. The smallest absolute Gasteiger partial charge is 0.309 e. The largest absolute Gasteiger partial charge is 0.481 e. The first-order valence-electron chi connectivity index (χ1n) is 7.01. The van der Waals surface area contributed by atoms with Crippen LogP contribution in [0.25, 0.3) is 0 Å². The molecule has 0 amide bonds. The lowest BCUT2D eigenvalue weighted by atomic mass is 9.98. The predicted octanol–water partition coefficient (Wildman–Crippen LogP) is -0.477. The van der Waals surface area contributed by atoms with Crippen molar-refractivity contribution < 1.29 is 27.9 Å². The second kappa shape index (κ2) is 6.29. The van der Waals surface area contributed by atoms with Crippen LogP contribution in [0.5, 0.6) is 0 Å². The van der Waals surface area contributed by atoms with Crippen LogP contribution in [-0.4, -0.2) is 66.9 Å². The van der Waals surface area contributed by atoms with E-state index in [1.54, 1.807) is 6.92 Å². The Labute approximate surface area is 123 Å². The Balaban J connectivity index is 1.87. The van der Waals surface area contributed by atoms with Gasteiger partial charge in [-0.15, -0.1) is 0 Å². The van der Waals surface area contributed by atoms with Crippen molar-refractivity contribution in [1.29, 1.82) is 0 Å². The van der Waals surface area contributed by atoms with Crippen LogP contribution in [0.4, 0.5) is 0 Å². The minimum absolute atomic E-state index is 0.0233. The van der Waals surface area contributed by atoms with Crippen LogP contribution >= 0.6 is 0 Å². The molecular formula is C12H20N2O6S. The van der Waals surface area contributed by atoms with Crippen LogP contribution in [0.15, 0.2) is 0 Å². The van der Waals surface area contributed by atoms with E-state index in [0.29, 0.717) is 19.4 Å². The highest BCUT2D eigenvalue weighted by Gasteiger charge is 2.43. The summed E-state index contributed by atoms with van der Waals surface area (Å²) in [6.45, 7) is 2.63. The van der Waals surface area contributed by atoms with E-state index in [0.717, 1.165) is 0 Å². The number of carbonyl (C=O) groups is 2. The predicted molar refractivity (Wildman–Crippen MR) is 72.5 cm³/mol. The number of ether oxygens (including phenoxy) is 1. The Bertz CT molecular complexity index is 506. The summed E-state index contributed by atoms with van der Waals surface area (Å²) in [5.41, 5.74) is 0. The quantitative estimate of drug-likeness (QED) is 0.686. The molecule has 0 atom stereocenters. The molecule has 0 spiro atoms. The molecule has 0 aromatic carbocycles. The highest BCUT2D eigenvalue weighted by atomic mass is 32.2. The van der Waals surface area contributed by atoms with Gasteiger partial charge in [-0.25, -0.2) is 0 Å². The molecule has 2 fully saturated rings. The number of hydrogen-bond donors (Lipinski definition) is 1. The molecule has 0 aliphatic carbocycles. The molecule has 2 aliphatic heterocycles. The van der Waals surface area contributed by atoms with Crippen molar-refractivity contribution in [2.45, 2.75) is 19.8 Å². The van der Waals surface area contributed by atoms with E-state index in [-0.39, 0.29) is 38.1 Å². The molecule has 1 N–H and O–H groups in total. The molecule has 120 valence electrons. The van der Waals surface area contributed by atoms with Gasteiger partial charge in [0.15, 0.2) is 0 Å².